The number of carbonyl (C=O) groups excluding carboxylic acids is 1. The van der Waals surface area contributed by atoms with Gasteiger partial charge in [0.05, 0.1) is 29.9 Å². The summed E-state index contributed by atoms with van der Waals surface area (Å²) in [5.41, 5.74) is 2.14. The summed E-state index contributed by atoms with van der Waals surface area (Å²) in [6, 6.07) is 17.4. The highest BCUT2D eigenvalue weighted by Gasteiger charge is 2.34. The first-order valence-corrected chi connectivity index (χ1v) is 13.7. The number of hydrogen-bond acceptors (Lipinski definition) is 6. The number of para-hydroxylation sites is 2. The third kappa shape index (κ3) is 6.21. The van der Waals surface area contributed by atoms with E-state index in [2.05, 4.69) is 4.57 Å². The molecule has 1 saturated heterocycles. The zero-order valence-corrected chi connectivity index (χ0v) is 21.5. The maximum Gasteiger partial charge on any atom is 0.410 e. The number of hydrogen-bond donors (Lipinski definition) is 0. The molecule has 9 heteroatoms. The van der Waals surface area contributed by atoms with E-state index in [1.165, 1.54) is 0 Å². The molecule has 1 aliphatic rings. The first kappa shape index (κ1) is 25.2. The molecule has 35 heavy (non-hydrogen) atoms. The molecule has 1 amide bonds. The van der Waals surface area contributed by atoms with E-state index in [0.717, 1.165) is 28.7 Å². The van der Waals surface area contributed by atoms with Crippen molar-refractivity contribution in [3.05, 3.63) is 54.6 Å². The van der Waals surface area contributed by atoms with Crippen LogP contribution in [0.25, 0.3) is 22.4 Å². The minimum Gasteiger partial charge on any atom is -0.444 e. The third-order valence-corrected chi connectivity index (χ3v) is 6.71. The molecule has 1 aliphatic heterocycles. The van der Waals surface area contributed by atoms with Crippen LogP contribution in [0, 0.1) is 5.92 Å². The van der Waals surface area contributed by atoms with Crippen LogP contribution in [0.5, 0.6) is 0 Å². The molecule has 2 heterocycles. The Bertz CT molecular complexity index is 1270. The van der Waals surface area contributed by atoms with Gasteiger partial charge in [-0.1, -0.05) is 42.5 Å². The predicted molar refractivity (Wildman–Crippen MR) is 136 cm³/mol. The zero-order chi connectivity index (χ0) is 25.2. The summed E-state index contributed by atoms with van der Waals surface area (Å²) < 4.78 is 36.9. The van der Waals surface area contributed by atoms with Gasteiger partial charge in [0, 0.05) is 18.7 Å². The van der Waals surface area contributed by atoms with Crippen LogP contribution in [0.15, 0.2) is 54.6 Å². The van der Waals surface area contributed by atoms with E-state index in [-0.39, 0.29) is 24.7 Å². The molecule has 0 N–H and O–H groups in total. The van der Waals surface area contributed by atoms with Crippen molar-refractivity contribution in [2.45, 2.75) is 45.3 Å². The molecule has 188 valence electrons. The van der Waals surface area contributed by atoms with E-state index >= 15 is 0 Å². The lowest BCUT2D eigenvalue weighted by molar-refractivity contribution is 0.0153. The fourth-order valence-corrected chi connectivity index (χ4v) is 4.97. The topological polar surface area (TPSA) is 90.7 Å². The van der Waals surface area contributed by atoms with Crippen LogP contribution in [0.3, 0.4) is 0 Å². The number of rotatable bonds is 6. The number of aromatic nitrogens is 2. The largest absolute Gasteiger partial charge is 0.444 e. The van der Waals surface area contributed by atoms with Crippen molar-refractivity contribution in [3.63, 3.8) is 0 Å². The molecule has 3 aromatic rings. The second-order valence-corrected chi connectivity index (χ2v) is 11.7. The van der Waals surface area contributed by atoms with Crippen LogP contribution in [0.1, 0.15) is 39.7 Å². The Balaban J connectivity index is 1.69. The Morgan fingerprint density at radius 3 is 2.31 bits per heavy atom. The molecule has 0 saturated carbocycles. The second-order valence-electron chi connectivity index (χ2n) is 10.0. The number of carbonyl (C=O) groups is 1. The molecular formula is C26H33N3O5S. The smallest absolute Gasteiger partial charge is 0.410 e. The standard InChI is InChI=1S/C26H33N3O5S/c1-26(2,3)34-25(30)28-16-14-19(15-17-28)23(18-33-35(4,31)32)29-22-13-9-8-12-21(22)27-24(29)20-10-6-5-7-11-20/h5-13,19,23H,14-18H2,1-4H3. The van der Waals surface area contributed by atoms with Gasteiger partial charge in [-0.15, -0.1) is 0 Å². The Kier molecular flexibility index (Phi) is 7.19. The number of amides is 1. The van der Waals surface area contributed by atoms with Crippen molar-refractivity contribution >= 4 is 27.2 Å². The van der Waals surface area contributed by atoms with Crippen LogP contribution in [0.4, 0.5) is 4.79 Å². The average Bonchev–Trinajstić information content (AvgIpc) is 3.18. The third-order valence-electron chi connectivity index (χ3n) is 6.15. The Morgan fingerprint density at radius 1 is 1.06 bits per heavy atom. The van der Waals surface area contributed by atoms with Gasteiger partial charge < -0.3 is 14.2 Å². The van der Waals surface area contributed by atoms with Gasteiger partial charge in [0.15, 0.2) is 0 Å². The number of piperidine rings is 1. The maximum absolute atomic E-state index is 12.6. The van der Waals surface area contributed by atoms with Crippen LogP contribution in [-0.2, 0) is 19.0 Å². The van der Waals surface area contributed by atoms with Crippen molar-refractivity contribution in [1.82, 2.24) is 14.5 Å². The monoisotopic (exact) mass is 499 g/mol. The van der Waals surface area contributed by atoms with E-state index in [1.54, 1.807) is 4.90 Å². The minimum absolute atomic E-state index is 0.00384. The number of fused-ring (bicyclic) bond motifs is 1. The highest BCUT2D eigenvalue weighted by molar-refractivity contribution is 7.85. The quantitative estimate of drug-likeness (QED) is 0.450. The summed E-state index contributed by atoms with van der Waals surface area (Å²) in [6.07, 6.45) is 2.13. The molecule has 8 nitrogen and oxygen atoms in total. The molecular weight excluding hydrogens is 466 g/mol. The lowest BCUT2D eigenvalue weighted by Gasteiger charge is -2.37. The highest BCUT2D eigenvalue weighted by Crippen LogP contribution is 2.36. The summed E-state index contributed by atoms with van der Waals surface area (Å²) in [4.78, 5) is 19.2. The molecule has 1 unspecified atom stereocenters. The average molecular weight is 500 g/mol. The van der Waals surface area contributed by atoms with Gasteiger partial charge in [0.2, 0.25) is 0 Å². The van der Waals surface area contributed by atoms with Crippen molar-refractivity contribution in [2.24, 2.45) is 5.92 Å². The van der Waals surface area contributed by atoms with Crippen molar-refractivity contribution < 1.29 is 22.1 Å². The fourth-order valence-electron chi connectivity index (χ4n) is 4.58. The molecule has 4 rings (SSSR count). The number of ether oxygens (including phenoxy) is 1. The SMILES string of the molecule is CC(C)(C)OC(=O)N1CCC(C(COS(C)(=O)=O)n2c(-c3ccccc3)nc3ccccc32)CC1. The first-order valence-electron chi connectivity index (χ1n) is 11.9. The van der Waals surface area contributed by atoms with Gasteiger partial charge in [0.1, 0.15) is 11.4 Å². The van der Waals surface area contributed by atoms with E-state index in [0.29, 0.717) is 25.9 Å². The van der Waals surface area contributed by atoms with Crippen molar-refractivity contribution in [2.75, 3.05) is 26.0 Å². The van der Waals surface area contributed by atoms with Gasteiger partial charge in [-0.05, 0) is 51.7 Å². The minimum atomic E-state index is -3.64. The van der Waals surface area contributed by atoms with Gasteiger partial charge in [-0.3, -0.25) is 4.18 Å². The zero-order valence-electron chi connectivity index (χ0n) is 20.7. The van der Waals surface area contributed by atoms with Gasteiger partial charge in [-0.2, -0.15) is 8.42 Å². The molecule has 1 aromatic heterocycles. The fraction of sp³-hybridized carbons (Fsp3) is 0.462. The number of nitrogens with zero attached hydrogens (tertiary/aromatic N) is 3. The second kappa shape index (κ2) is 9.99. The normalized spacial score (nSPS) is 16.4. The van der Waals surface area contributed by atoms with Crippen LogP contribution in [-0.4, -0.2) is 60.5 Å². The molecule has 0 spiro atoms. The Hall–Kier alpha value is -2.91. The van der Waals surface area contributed by atoms with Gasteiger partial charge >= 0.3 is 6.09 Å². The van der Waals surface area contributed by atoms with Gasteiger partial charge in [0.25, 0.3) is 10.1 Å². The highest BCUT2D eigenvalue weighted by atomic mass is 32.2. The van der Waals surface area contributed by atoms with E-state index < -0.39 is 15.7 Å². The summed E-state index contributed by atoms with van der Waals surface area (Å²) in [5.74, 6) is 0.846. The number of likely N-dealkylation sites (tertiary alicyclic amines) is 1. The maximum atomic E-state index is 12.6. The van der Waals surface area contributed by atoms with E-state index in [1.807, 2.05) is 75.4 Å². The van der Waals surface area contributed by atoms with Gasteiger partial charge in [-0.25, -0.2) is 9.78 Å². The molecule has 1 fully saturated rings. The van der Waals surface area contributed by atoms with E-state index in [9.17, 15) is 13.2 Å². The Labute approximate surface area is 207 Å². The molecule has 0 aliphatic carbocycles. The summed E-state index contributed by atoms with van der Waals surface area (Å²) >= 11 is 0. The van der Waals surface area contributed by atoms with Crippen LogP contribution < -0.4 is 0 Å². The first-order chi connectivity index (χ1) is 16.5. The van der Waals surface area contributed by atoms with Crippen LogP contribution in [0.2, 0.25) is 0 Å². The molecule has 2 aromatic carbocycles. The van der Waals surface area contributed by atoms with Crippen molar-refractivity contribution in [1.29, 1.82) is 0 Å². The summed E-state index contributed by atoms with van der Waals surface area (Å²) in [7, 11) is -3.64. The van der Waals surface area contributed by atoms with Crippen molar-refractivity contribution in [3.8, 4) is 11.4 Å². The number of benzene rings is 2. The van der Waals surface area contributed by atoms with E-state index in [4.69, 9.17) is 13.9 Å². The predicted octanol–water partition coefficient (Wildman–Crippen LogP) is 4.87. The molecule has 0 radical (unpaired) electrons. The van der Waals surface area contributed by atoms with Crippen LogP contribution >= 0.6 is 0 Å². The lowest BCUT2D eigenvalue weighted by Crippen LogP contribution is -2.43. The Morgan fingerprint density at radius 2 is 1.69 bits per heavy atom. The summed E-state index contributed by atoms with van der Waals surface area (Å²) in [5, 5.41) is 0. The summed E-state index contributed by atoms with van der Waals surface area (Å²) in [6.45, 7) is 6.61. The lowest BCUT2D eigenvalue weighted by atomic mass is 9.89. The molecule has 0 bridgehead atoms. The molecule has 1 atom stereocenters. The number of imidazole rings is 1.